The van der Waals surface area contributed by atoms with E-state index >= 15 is 0 Å². The average molecular weight is 718 g/mol. The Morgan fingerprint density at radius 3 is 2.53 bits per heavy atom. The fraction of sp³-hybridized carbons (Fsp3) is 0.450. The van der Waals surface area contributed by atoms with Gasteiger partial charge in [-0.1, -0.05) is 12.1 Å². The molecule has 3 aliphatic rings. The maximum atomic E-state index is 13.6. The smallest absolute Gasteiger partial charge is 0.260 e. The van der Waals surface area contributed by atoms with Gasteiger partial charge < -0.3 is 25.1 Å². The first kappa shape index (κ1) is 34.8. The lowest BCUT2D eigenvalue weighted by molar-refractivity contribution is -0.120. The monoisotopic (exact) mass is 717 g/mol. The quantitative estimate of drug-likeness (QED) is 0.157. The highest BCUT2D eigenvalue weighted by atomic mass is 16.5. The summed E-state index contributed by atoms with van der Waals surface area (Å²) in [6.45, 7) is 5.14. The topological polar surface area (TPSA) is 139 Å². The molecule has 5 aromatic rings. The molecule has 2 saturated carbocycles. The van der Waals surface area contributed by atoms with Crippen molar-refractivity contribution in [2.75, 3.05) is 50.0 Å². The Bertz CT molecular complexity index is 2070. The highest BCUT2D eigenvalue weighted by molar-refractivity contribution is 6.08. The number of amides is 2. The van der Waals surface area contributed by atoms with Gasteiger partial charge in [-0.2, -0.15) is 14.7 Å². The zero-order valence-electron chi connectivity index (χ0n) is 30.2. The summed E-state index contributed by atoms with van der Waals surface area (Å²) in [6.07, 6.45) is 13.8. The molecule has 1 aliphatic heterocycles. The van der Waals surface area contributed by atoms with E-state index in [1.54, 1.807) is 24.0 Å². The van der Waals surface area contributed by atoms with Gasteiger partial charge >= 0.3 is 0 Å². The lowest BCUT2D eigenvalue weighted by Gasteiger charge is -2.39. The van der Waals surface area contributed by atoms with Gasteiger partial charge in [0.2, 0.25) is 5.91 Å². The van der Waals surface area contributed by atoms with E-state index in [-0.39, 0.29) is 23.8 Å². The van der Waals surface area contributed by atoms with Gasteiger partial charge in [0.25, 0.3) is 5.91 Å². The Hall–Kier alpha value is -5.30. The third-order valence-electron chi connectivity index (χ3n) is 11.1. The van der Waals surface area contributed by atoms with Gasteiger partial charge in [-0.05, 0) is 86.8 Å². The number of nitrogens with zero attached hydrogens (tertiary/aromatic N) is 7. The minimum atomic E-state index is -0.264. The standard InChI is InChI=1S/C40H47N9O4/c1-41-39(51)15-8-29(26-50)28-6-11-31(12-7-28)47-19-17-46(18-20-47)24-27-4-9-32(10-5-27)48-25-30-21-34(36(22-35(30)45-48)53-33-13-14-33)40(52)44-38-23-42-37-3-2-16-43-49(37)38/h2-3,6-7,11-12,16,21-23,25-27,29,32-33H,4-5,8-10,13-15,17-20,24H2,1H3,(H,41,51)(H,44,52). The number of piperazine rings is 1. The normalized spacial score (nSPS) is 20.0. The van der Waals surface area contributed by atoms with Crippen LogP contribution in [0.5, 0.6) is 5.75 Å². The lowest BCUT2D eigenvalue weighted by Crippen LogP contribution is -2.48. The van der Waals surface area contributed by atoms with Gasteiger partial charge in [0.05, 0.1) is 29.4 Å². The molecule has 53 heavy (non-hydrogen) atoms. The molecule has 0 spiro atoms. The summed E-state index contributed by atoms with van der Waals surface area (Å²) in [5.74, 6) is 1.16. The zero-order valence-corrected chi connectivity index (χ0v) is 30.2. The molecule has 0 radical (unpaired) electrons. The van der Waals surface area contributed by atoms with Crippen molar-refractivity contribution in [1.82, 2.24) is 34.6 Å². The number of anilines is 2. The summed E-state index contributed by atoms with van der Waals surface area (Å²) < 4.78 is 9.94. The lowest BCUT2D eigenvalue weighted by atomic mass is 9.85. The van der Waals surface area contributed by atoms with Gasteiger partial charge in [-0.25, -0.2) is 4.98 Å². The molecular weight excluding hydrogens is 670 g/mol. The van der Waals surface area contributed by atoms with Crippen LogP contribution in [0.3, 0.4) is 0 Å². The molecule has 8 rings (SSSR count). The summed E-state index contributed by atoms with van der Waals surface area (Å²) >= 11 is 0. The van der Waals surface area contributed by atoms with E-state index in [0.29, 0.717) is 47.6 Å². The number of imidazole rings is 1. The van der Waals surface area contributed by atoms with Crippen molar-refractivity contribution >= 4 is 46.2 Å². The molecule has 1 saturated heterocycles. The molecule has 13 heteroatoms. The second-order valence-corrected chi connectivity index (χ2v) is 14.7. The van der Waals surface area contributed by atoms with Crippen molar-refractivity contribution in [3.8, 4) is 5.75 Å². The Kier molecular flexibility index (Phi) is 10.1. The van der Waals surface area contributed by atoms with E-state index in [0.717, 1.165) is 94.0 Å². The molecule has 2 amide bonds. The van der Waals surface area contributed by atoms with E-state index in [9.17, 15) is 14.4 Å². The summed E-state index contributed by atoms with van der Waals surface area (Å²) in [7, 11) is 1.62. The van der Waals surface area contributed by atoms with E-state index in [4.69, 9.17) is 9.84 Å². The average Bonchev–Trinajstić information content (AvgIpc) is 3.77. The number of aldehydes is 1. The highest BCUT2D eigenvalue weighted by Gasteiger charge is 2.29. The number of hydrogen-bond acceptors (Lipinski definition) is 9. The van der Waals surface area contributed by atoms with Crippen LogP contribution in [0.25, 0.3) is 16.6 Å². The number of carbonyl (C=O) groups is 3. The fourth-order valence-corrected chi connectivity index (χ4v) is 7.80. The van der Waals surface area contributed by atoms with Crippen LogP contribution in [-0.2, 0) is 9.59 Å². The predicted octanol–water partition coefficient (Wildman–Crippen LogP) is 5.23. The molecule has 2 aliphatic carbocycles. The molecule has 2 aromatic carbocycles. The van der Waals surface area contributed by atoms with Crippen molar-refractivity contribution in [1.29, 1.82) is 0 Å². The first-order valence-electron chi connectivity index (χ1n) is 19.0. The molecular formula is C40H47N9O4. The van der Waals surface area contributed by atoms with Gasteiger partial charge in [0, 0.05) is 81.6 Å². The number of aromatic nitrogens is 5. The van der Waals surface area contributed by atoms with Crippen LogP contribution in [-0.4, -0.2) is 93.3 Å². The molecule has 276 valence electrons. The van der Waals surface area contributed by atoms with E-state index in [2.05, 4.69) is 53.5 Å². The van der Waals surface area contributed by atoms with Crippen molar-refractivity contribution in [3.05, 3.63) is 78.2 Å². The maximum Gasteiger partial charge on any atom is 0.260 e. The predicted molar refractivity (Wildman–Crippen MR) is 203 cm³/mol. The van der Waals surface area contributed by atoms with Crippen LogP contribution in [0.2, 0.25) is 0 Å². The second kappa shape index (κ2) is 15.4. The van der Waals surface area contributed by atoms with Crippen molar-refractivity contribution in [3.63, 3.8) is 0 Å². The van der Waals surface area contributed by atoms with Gasteiger partial charge in [-0.3, -0.25) is 19.2 Å². The first-order chi connectivity index (χ1) is 25.9. The Morgan fingerprint density at radius 2 is 1.79 bits per heavy atom. The number of fused-ring (bicyclic) bond motifs is 2. The Balaban J connectivity index is 0.847. The van der Waals surface area contributed by atoms with Crippen LogP contribution in [0.15, 0.2) is 67.1 Å². The Morgan fingerprint density at radius 1 is 1.00 bits per heavy atom. The van der Waals surface area contributed by atoms with Crippen LogP contribution < -0.4 is 20.3 Å². The van der Waals surface area contributed by atoms with E-state index in [1.807, 2.05) is 36.4 Å². The summed E-state index contributed by atoms with van der Waals surface area (Å²) in [4.78, 5) is 46.3. The minimum absolute atomic E-state index is 0.0444. The second-order valence-electron chi connectivity index (χ2n) is 14.7. The number of carbonyl (C=O) groups excluding carboxylic acids is 3. The Labute approximate surface area is 308 Å². The van der Waals surface area contributed by atoms with Crippen LogP contribution in [0.4, 0.5) is 11.5 Å². The fourth-order valence-electron chi connectivity index (χ4n) is 7.80. The molecule has 3 aromatic heterocycles. The molecule has 0 bridgehead atoms. The highest BCUT2D eigenvalue weighted by Crippen LogP contribution is 2.36. The summed E-state index contributed by atoms with van der Waals surface area (Å²) in [5.41, 5.74) is 4.13. The maximum absolute atomic E-state index is 13.6. The van der Waals surface area contributed by atoms with E-state index < -0.39 is 0 Å². The van der Waals surface area contributed by atoms with E-state index in [1.165, 1.54) is 5.69 Å². The van der Waals surface area contributed by atoms with Crippen molar-refractivity contribution < 1.29 is 19.1 Å². The number of benzene rings is 2. The number of hydrogen-bond donors (Lipinski definition) is 2. The number of rotatable bonds is 13. The minimum Gasteiger partial charge on any atom is -0.490 e. The van der Waals surface area contributed by atoms with Crippen molar-refractivity contribution in [2.45, 2.75) is 69.4 Å². The van der Waals surface area contributed by atoms with Crippen LogP contribution >= 0.6 is 0 Å². The zero-order chi connectivity index (χ0) is 36.3. The molecule has 3 fully saturated rings. The SMILES string of the molecule is CNC(=O)CCC(C=O)c1ccc(N2CCN(CC3CCC(n4cc5cc(C(=O)Nc6cnc7cccnn67)c(OC6CC6)cc5n4)CC3)CC2)cc1. The summed E-state index contributed by atoms with van der Waals surface area (Å²) in [6, 6.07) is 16.1. The van der Waals surface area contributed by atoms with Gasteiger partial charge in [0.1, 0.15) is 12.0 Å². The van der Waals surface area contributed by atoms with Gasteiger partial charge in [-0.15, -0.1) is 0 Å². The summed E-state index contributed by atoms with van der Waals surface area (Å²) in [5, 5.41) is 15.8. The van der Waals surface area contributed by atoms with Crippen LogP contribution in [0.1, 0.15) is 79.2 Å². The molecule has 4 heterocycles. The van der Waals surface area contributed by atoms with Crippen molar-refractivity contribution in [2.24, 2.45) is 5.92 Å². The first-order valence-corrected chi connectivity index (χ1v) is 19.0. The molecule has 1 unspecified atom stereocenters. The molecule has 13 nitrogen and oxygen atoms in total. The molecule has 2 N–H and O–H groups in total. The third kappa shape index (κ3) is 7.90. The number of nitrogens with one attached hydrogen (secondary N) is 2. The largest absolute Gasteiger partial charge is 0.490 e. The molecule has 1 atom stereocenters. The van der Waals surface area contributed by atoms with Crippen LogP contribution in [0, 0.1) is 5.92 Å². The third-order valence-corrected chi connectivity index (χ3v) is 11.1. The number of ether oxygens (including phenoxy) is 1. The van der Waals surface area contributed by atoms with Gasteiger partial charge in [0.15, 0.2) is 11.5 Å².